The lowest BCUT2D eigenvalue weighted by molar-refractivity contribution is -0.118. The van der Waals surface area contributed by atoms with Crippen molar-refractivity contribution in [3.63, 3.8) is 0 Å². The van der Waals surface area contributed by atoms with E-state index in [0.29, 0.717) is 12.6 Å². The number of hydrogen-bond donors (Lipinski definition) is 0. The number of aromatic nitrogens is 1. The van der Waals surface area contributed by atoms with Crippen LogP contribution in [-0.2, 0) is 22.6 Å². The van der Waals surface area contributed by atoms with Gasteiger partial charge in [0.05, 0.1) is 25.4 Å². The third kappa shape index (κ3) is 3.40. The van der Waals surface area contributed by atoms with E-state index in [2.05, 4.69) is 34.3 Å². The lowest BCUT2D eigenvalue weighted by Gasteiger charge is -2.39. The fourth-order valence-electron chi connectivity index (χ4n) is 3.80. The first-order valence-electron chi connectivity index (χ1n) is 8.70. The molecule has 3 heterocycles. The molecule has 4 rings (SSSR count). The molecule has 24 heavy (non-hydrogen) atoms. The third-order valence-electron chi connectivity index (χ3n) is 5.15. The van der Waals surface area contributed by atoms with Crippen molar-refractivity contribution >= 4 is 11.3 Å². The zero-order valence-corrected chi connectivity index (χ0v) is 14.9. The van der Waals surface area contributed by atoms with E-state index in [1.54, 1.807) is 6.20 Å². The number of nitrogens with zero attached hydrogens (tertiary/aromatic N) is 2. The molecule has 0 N–H and O–H groups in total. The third-order valence-corrected chi connectivity index (χ3v) is 6.16. The van der Waals surface area contributed by atoms with Crippen LogP contribution in [0.3, 0.4) is 0 Å². The van der Waals surface area contributed by atoms with Crippen LogP contribution in [0.5, 0.6) is 0 Å². The molecule has 1 saturated heterocycles. The second-order valence-corrected chi connectivity index (χ2v) is 7.69. The van der Waals surface area contributed by atoms with E-state index in [1.807, 2.05) is 23.6 Å². The average molecular weight is 344 g/mol. The van der Waals surface area contributed by atoms with Gasteiger partial charge in [-0.05, 0) is 48.4 Å². The normalized spacial score (nSPS) is 27.3. The summed E-state index contributed by atoms with van der Waals surface area (Å²) in [6.45, 7) is 5.70. The first-order chi connectivity index (χ1) is 11.8. The van der Waals surface area contributed by atoms with E-state index < -0.39 is 0 Å². The Balaban J connectivity index is 1.38. The number of thiophene rings is 1. The van der Waals surface area contributed by atoms with Crippen molar-refractivity contribution in [1.29, 1.82) is 0 Å². The standard InChI is InChI=1S/C19H24N2O2S/c1-14-6-10-24-18(14)12-21-8-9-22-19-16(21)4-5-17(19)23-13-15-3-2-7-20-11-15/h2-3,6-7,10-11,16-17,19H,4-5,8-9,12-13H2,1H3/t16-,17+,19+/m0/s1. The van der Waals surface area contributed by atoms with E-state index in [9.17, 15) is 0 Å². The zero-order chi connectivity index (χ0) is 16.4. The molecule has 0 aromatic carbocycles. The predicted octanol–water partition coefficient (Wildman–Crippen LogP) is 3.40. The van der Waals surface area contributed by atoms with Crippen LogP contribution >= 0.6 is 11.3 Å². The molecule has 0 spiro atoms. The number of hydrogen-bond acceptors (Lipinski definition) is 5. The van der Waals surface area contributed by atoms with Gasteiger partial charge in [0.2, 0.25) is 0 Å². The molecule has 1 saturated carbocycles. The summed E-state index contributed by atoms with van der Waals surface area (Å²) in [4.78, 5) is 8.23. The Morgan fingerprint density at radius 2 is 2.33 bits per heavy atom. The Hall–Kier alpha value is -1.27. The van der Waals surface area contributed by atoms with E-state index in [1.165, 1.54) is 10.4 Å². The molecule has 2 aromatic heterocycles. The van der Waals surface area contributed by atoms with E-state index in [0.717, 1.165) is 38.1 Å². The van der Waals surface area contributed by atoms with Gasteiger partial charge in [-0.1, -0.05) is 6.07 Å². The molecule has 2 aromatic rings. The minimum Gasteiger partial charge on any atom is -0.373 e. The molecule has 128 valence electrons. The van der Waals surface area contributed by atoms with Crippen molar-refractivity contribution in [1.82, 2.24) is 9.88 Å². The highest BCUT2D eigenvalue weighted by Crippen LogP contribution is 2.34. The summed E-state index contributed by atoms with van der Waals surface area (Å²) in [6.07, 6.45) is 6.31. The van der Waals surface area contributed by atoms with E-state index in [-0.39, 0.29) is 12.2 Å². The summed E-state index contributed by atoms with van der Waals surface area (Å²) in [5.41, 5.74) is 2.54. The SMILES string of the molecule is Cc1ccsc1CN1CCO[C@H]2[C@H](OCc3cccnc3)CC[C@@H]21. The molecule has 3 atom stereocenters. The fraction of sp³-hybridized carbons (Fsp3) is 0.526. The molecule has 5 heteroatoms. The molecule has 1 aliphatic carbocycles. The molecular formula is C19H24N2O2S. The summed E-state index contributed by atoms with van der Waals surface area (Å²) in [5.74, 6) is 0. The van der Waals surface area contributed by atoms with Crippen LogP contribution in [0.15, 0.2) is 36.0 Å². The lowest BCUT2D eigenvalue weighted by atomic mass is 10.1. The van der Waals surface area contributed by atoms with Crippen LogP contribution in [0.2, 0.25) is 0 Å². The maximum absolute atomic E-state index is 6.18. The van der Waals surface area contributed by atoms with Crippen LogP contribution in [0.25, 0.3) is 0 Å². The van der Waals surface area contributed by atoms with Crippen LogP contribution < -0.4 is 0 Å². The van der Waals surface area contributed by atoms with E-state index >= 15 is 0 Å². The highest BCUT2D eigenvalue weighted by molar-refractivity contribution is 7.10. The number of ether oxygens (including phenoxy) is 2. The van der Waals surface area contributed by atoms with E-state index in [4.69, 9.17) is 9.47 Å². The summed E-state index contributed by atoms with van der Waals surface area (Å²) in [5, 5.41) is 2.19. The molecule has 1 aliphatic heterocycles. The van der Waals surface area contributed by atoms with Gasteiger partial charge in [-0.15, -0.1) is 11.3 Å². The summed E-state index contributed by atoms with van der Waals surface area (Å²) >= 11 is 1.87. The Bertz CT molecular complexity index is 660. The Labute approximate surface area is 147 Å². The molecule has 0 unspecified atom stereocenters. The lowest BCUT2D eigenvalue weighted by Crippen LogP contribution is -2.51. The smallest absolute Gasteiger partial charge is 0.0992 e. The van der Waals surface area contributed by atoms with Gasteiger partial charge >= 0.3 is 0 Å². The molecular weight excluding hydrogens is 320 g/mol. The first-order valence-corrected chi connectivity index (χ1v) is 9.58. The van der Waals surface area contributed by atoms with Gasteiger partial charge in [-0.25, -0.2) is 0 Å². The molecule has 4 nitrogen and oxygen atoms in total. The minimum atomic E-state index is 0.197. The summed E-state index contributed by atoms with van der Waals surface area (Å²) in [7, 11) is 0. The Kier molecular flexibility index (Phi) is 4.94. The van der Waals surface area contributed by atoms with Gasteiger partial charge in [0, 0.05) is 36.4 Å². The highest BCUT2D eigenvalue weighted by atomic mass is 32.1. The zero-order valence-electron chi connectivity index (χ0n) is 14.1. The van der Waals surface area contributed by atoms with Gasteiger partial charge in [0.1, 0.15) is 0 Å². The van der Waals surface area contributed by atoms with Crippen LogP contribution in [0, 0.1) is 6.92 Å². The Morgan fingerprint density at radius 1 is 1.38 bits per heavy atom. The molecule has 2 aliphatic rings. The molecule has 0 amide bonds. The van der Waals surface area contributed by atoms with Crippen LogP contribution in [-0.4, -0.2) is 41.3 Å². The maximum atomic E-state index is 6.18. The second kappa shape index (κ2) is 7.31. The molecule has 2 fully saturated rings. The minimum absolute atomic E-state index is 0.197. The molecule has 0 radical (unpaired) electrons. The maximum Gasteiger partial charge on any atom is 0.0992 e. The summed E-state index contributed by atoms with van der Waals surface area (Å²) in [6, 6.07) is 6.72. The van der Waals surface area contributed by atoms with Crippen molar-refractivity contribution in [2.24, 2.45) is 0 Å². The Morgan fingerprint density at radius 3 is 3.12 bits per heavy atom. The van der Waals surface area contributed by atoms with Crippen molar-refractivity contribution in [3.05, 3.63) is 52.0 Å². The van der Waals surface area contributed by atoms with Gasteiger partial charge in [0.25, 0.3) is 0 Å². The van der Waals surface area contributed by atoms with Crippen LogP contribution in [0.1, 0.15) is 28.8 Å². The number of rotatable bonds is 5. The van der Waals surface area contributed by atoms with Gasteiger partial charge in [-0.3, -0.25) is 9.88 Å². The van der Waals surface area contributed by atoms with Crippen molar-refractivity contribution < 1.29 is 9.47 Å². The van der Waals surface area contributed by atoms with Gasteiger partial charge in [-0.2, -0.15) is 0 Å². The number of aryl methyl sites for hydroxylation is 1. The highest BCUT2D eigenvalue weighted by Gasteiger charge is 2.43. The van der Waals surface area contributed by atoms with Gasteiger partial charge in [0.15, 0.2) is 0 Å². The van der Waals surface area contributed by atoms with Crippen molar-refractivity contribution in [2.45, 2.75) is 51.2 Å². The molecule has 0 bridgehead atoms. The number of morpholine rings is 1. The second-order valence-electron chi connectivity index (χ2n) is 6.69. The quantitative estimate of drug-likeness (QED) is 0.833. The fourth-order valence-corrected chi connectivity index (χ4v) is 4.73. The van der Waals surface area contributed by atoms with Crippen molar-refractivity contribution in [2.75, 3.05) is 13.2 Å². The van der Waals surface area contributed by atoms with Gasteiger partial charge < -0.3 is 9.47 Å². The number of fused-ring (bicyclic) bond motifs is 1. The van der Waals surface area contributed by atoms with Crippen LogP contribution in [0.4, 0.5) is 0 Å². The average Bonchev–Trinajstić information content (AvgIpc) is 3.21. The predicted molar refractivity (Wildman–Crippen MR) is 95.0 cm³/mol. The largest absolute Gasteiger partial charge is 0.373 e. The topological polar surface area (TPSA) is 34.6 Å². The monoisotopic (exact) mass is 344 g/mol. The number of pyridine rings is 1. The first kappa shape index (κ1) is 16.2. The van der Waals surface area contributed by atoms with Crippen molar-refractivity contribution in [3.8, 4) is 0 Å². The summed E-state index contributed by atoms with van der Waals surface area (Å²) < 4.78 is 12.3.